The first-order valence-electron chi connectivity index (χ1n) is 8.95. The molecular formula is C17H28N4. The highest BCUT2D eigenvalue weighted by molar-refractivity contribution is 5.34. The lowest BCUT2D eigenvalue weighted by atomic mass is 9.64. The summed E-state index contributed by atoms with van der Waals surface area (Å²) < 4.78 is 2.33. The van der Waals surface area contributed by atoms with E-state index >= 15 is 0 Å². The Balaban J connectivity index is 1.81. The van der Waals surface area contributed by atoms with Crippen LogP contribution in [0.15, 0.2) is 0 Å². The van der Waals surface area contributed by atoms with Gasteiger partial charge in [0.05, 0.1) is 5.54 Å². The van der Waals surface area contributed by atoms with Crippen LogP contribution < -0.4 is 5.32 Å². The number of rotatable bonds is 1. The molecule has 0 radical (unpaired) electrons. The summed E-state index contributed by atoms with van der Waals surface area (Å²) in [5.41, 5.74) is 0.268. The fraction of sp³-hybridized carbons (Fsp3) is 0.882. The number of nitrogens with zero attached hydrogens (tertiary/aromatic N) is 3. The first kappa shape index (κ1) is 13.6. The topological polar surface area (TPSA) is 42.7 Å². The summed E-state index contributed by atoms with van der Waals surface area (Å²) in [6.07, 6.45) is 12.2. The predicted octanol–water partition coefficient (Wildman–Crippen LogP) is 4.05. The van der Waals surface area contributed by atoms with Crippen LogP contribution in [0.25, 0.3) is 0 Å². The lowest BCUT2D eigenvalue weighted by Gasteiger charge is -2.52. The van der Waals surface area contributed by atoms with E-state index in [0.717, 1.165) is 17.7 Å². The number of nitrogens with one attached hydrogen (secondary N) is 1. The molecule has 0 saturated heterocycles. The number of aromatic nitrogens is 3. The molecule has 3 aliphatic rings. The summed E-state index contributed by atoms with van der Waals surface area (Å²) in [7, 11) is 0. The van der Waals surface area contributed by atoms with Crippen LogP contribution in [-0.2, 0) is 5.54 Å². The lowest BCUT2D eigenvalue weighted by molar-refractivity contribution is 0.0450. The summed E-state index contributed by atoms with van der Waals surface area (Å²) in [5.74, 6) is 3.25. The average molecular weight is 288 g/mol. The second kappa shape index (κ2) is 4.99. The van der Waals surface area contributed by atoms with Crippen molar-refractivity contribution in [1.82, 2.24) is 14.8 Å². The van der Waals surface area contributed by atoms with Crippen molar-refractivity contribution in [2.45, 2.75) is 89.1 Å². The van der Waals surface area contributed by atoms with Gasteiger partial charge in [-0.05, 0) is 25.7 Å². The van der Waals surface area contributed by atoms with Crippen molar-refractivity contribution < 1.29 is 0 Å². The SMILES string of the molecule is CC(C)c1nc2n(n1)C1(CCCCC1)[C@@H]1CCCC[C@@H]1N2. The van der Waals surface area contributed by atoms with E-state index in [1.54, 1.807) is 0 Å². The van der Waals surface area contributed by atoms with Gasteiger partial charge in [-0.2, -0.15) is 10.1 Å². The zero-order valence-corrected chi connectivity index (χ0v) is 13.4. The molecule has 1 N–H and O–H groups in total. The van der Waals surface area contributed by atoms with Gasteiger partial charge >= 0.3 is 0 Å². The minimum atomic E-state index is 0.268. The van der Waals surface area contributed by atoms with Gasteiger partial charge in [0.2, 0.25) is 5.95 Å². The smallest absolute Gasteiger partial charge is 0.222 e. The number of anilines is 1. The van der Waals surface area contributed by atoms with E-state index in [1.165, 1.54) is 57.8 Å². The molecule has 4 nitrogen and oxygen atoms in total. The quantitative estimate of drug-likeness (QED) is 0.848. The minimum absolute atomic E-state index is 0.268. The molecule has 1 spiro atoms. The minimum Gasteiger partial charge on any atom is -0.351 e. The standard InChI is InChI=1S/C17H28N4/c1-12(2)15-19-16-18-14-9-5-4-8-13(14)17(21(16)20-15)10-6-3-7-11-17/h12-14H,3-11H2,1-2H3,(H,18,19,20)/t13-,14+/m1/s1. The van der Waals surface area contributed by atoms with Gasteiger partial charge in [-0.15, -0.1) is 0 Å². The van der Waals surface area contributed by atoms with Crippen LogP contribution in [0.5, 0.6) is 0 Å². The molecule has 4 rings (SSSR count). The molecule has 21 heavy (non-hydrogen) atoms. The summed E-state index contributed by atoms with van der Waals surface area (Å²) in [6.45, 7) is 4.39. The van der Waals surface area contributed by atoms with Crippen LogP contribution in [0, 0.1) is 5.92 Å². The normalized spacial score (nSPS) is 30.8. The Bertz CT molecular complexity index is 513. The molecule has 2 atom stereocenters. The van der Waals surface area contributed by atoms with E-state index < -0.39 is 0 Å². The molecule has 1 aliphatic heterocycles. The fourth-order valence-electron chi connectivity index (χ4n) is 4.99. The maximum absolute atomic E-state index is 4.96. The monoisotopic (exact) mass is 288 g/mol. The molecule has 0 bridgehead atoms. The highest BCUT2D eigenvalue weighted by Gasteiger charge is 2.51. The van der Waals surface area contributed by atoms with E-state index in [-0.39, 0.29) is 5.54 Å². The zero-order chi connectivity index (χ0) is 14.4. The van der Waals surface area contributed by atoms with E-state index in [2.05, 4.69) is 23.8 Å². The van der Waals surface area contributed by atoms with Crippen molar-refractivity contribution in [2.75, 3.05) is 5.32 Å². The van der Waals surface area contributed by atoms with Crippen LogP contribution in [0.3, 0.4) is 0 Å². The molecule has 2 saturated carbocycles. The summed E-state index contributed by atoms with van der Waals surface area (Å²) >= 11 is 0. The third-order valence-electron chi connectivity index (χ3n) is 6.05. The molecule has 116 valence electrons. The van der Waals surface area contributed by atoms with Gasteiger partial charge in [-0.3, -0.25) is 0 Å². The van der Waals surface area contributed by atoms with E-state index in [9.17, 15) is 0 Å². The third-order valence-corrected chi connectivity index (χ3v) is 6.05. The Morgan fingerprint density at radius 1 is 1.10 bits per heavy atom. The van der Waals surface area contributed by atoms with Gasteiger partial charge in [0, 0.05) is 17.9 Å². The Morgan fingerprint density at radius 2 is 1.86 bits per heavy atom. The third kappa shape index (κ3) is 2.01. The Morgan fingerprint density at radius 3 is 2.62 bits per heavy atom. The molecule has 0 amide bonds. The lowest BCUT2D eigenvalue weighted by Crippen LogP contribution is -2.55. The van der Waals surface area contributed by atoms with E-state index in [4.69, 9.17) is 10.1 Å². The number of hydrogen-bond acceptors (Lipinski definition) is 3. The van der Waals surface area contributed by atoms with Crippen molar-refractivity contribution in [3.8, 4) is 0 Å². The van der Waals surface area contributed by atoms with Gasteiger partial charge in [-0.1, -0.05) is 46.0 Å². The molecule has 1 aromatic heterocycles. The first-order chi connectivity index (χ1) is 10.2. The van der Waals surface area contributed by atoms with Crippen molar-refractivity contribution in [1.29, 1.82) is 0 Å². The van der Waals surface area contributed by atoms with Crippen LogP contribution in [-0.4, -0.2) is 20.8 Å². The molecule has 2 fully saturated rings. The molecule has 1 aromatic rings. The van der Waals surface area contributed by atoms with Crippen LogP contribution in [0.2, 0.25) is 0 Å². The molecule has 2 heterocycles. The Hall–Kier alpha value is -1.06. The second-order valence-corrected chi connectivity index (χ2v) is 7.67. The maximum atomic E-state index is 4.96. The van der Waals surface area contributed by atoms with Crippen LogP contribution in [0.4, 0.5) is 5.95 Å². The number of fused-ring (bicyclic) bond motifs is 4. The van der Waals surface area contributed by atoms with E-state index in [1.807, 2.05) is 0 Å². The van der Waals surface area contributed by atoms with Gasteiger partial charge in [0.25, 0.3) is 0 Å². The van der Waals surface area contributed by atoms with Crippen molar-refractivity contribution in [2.24, 2.45) is 5.92 Å². The second-order valence-electron chi connectivity index (χ2n) is 7.67. The van der Waals surface area contributed by atoms with E-state index in [0.29, 0.717) is 12.0 Å². The van der Waals surface area contributed by atoms with Crippen molar-refractivity contribution >= 4 is 5.95 Å². The Labute approximate surface area is 127 Å². The molecule has 2 aliphatic carbocycles. The van der Waals surface area contributed by atoms with Crippen molar-refractivity contribution in [3.05, 3.63) is 5.82 Å². The van der Waals surface area contributed by atoms with Gasteiger partial charge in [0.1, 0.15) is 0 Å². The molecule has 4 heteroatoms. The average Bonchev–Trinajstić information content (AvgIpc) is 2.94. The molecule has 0 aromatic carbocycles. The largest absolute Gasteiger partial charge is 0.351 e. The zero-order valence-electron chi connectivity index (χ0n) is 13.4. The predicted molar refractivity (Wildman–Crippen MR) is 84.5 cm³/mol. The first-order valence-corrected chi connectivity index (χ1v) is 8.95. The Kier molecular flexibility index (Phi) is 3.23. The fourth-order valence-corrected chi connectivity index (χ4v) is 4.99. The summed E-state index contributed by atoms with van der Waals surface area (Å²) in [5, 5.41) is 8.70. The number of hydrogen-bond donors (Lipinski definition) is 1. The van der Waals surface area contributed by atoms with Gasteiger partial charge in [0.15, 0.2) is 5.82 Å². The van der Waals surface area contributed by atoms with Gasteiger partial charge in [-0.25, -0.2) is 4.68 Å². The summed E-state index contributed by atoms with van der Waals surface area (Å²) in [6, 6.07) is 0.633. The maximum Gasteiger partial charge on any atom is 0.222 e. The van der Waals surface area contributed by atoms with Crippen molar-refractivity contribution in [3.63, 3.8) is 0 Å². The van der Waals surface area contributed by atoms with Crippen LogP contribution in [0.1, 0.15) is 83.4 Å². The molecule has 0 unspecified atom stereocenters. The summed E-state index contributed by atoms with van der Waals surface area (Å²) in [4.78, 5) is 4.83. The van der Waals surface area contributed by atoms with Crippen LogP contribution >= 0.6 is 0 Å². The molecular weight excluding hydrogens is 260 g/mol. The highest BCUT2D eigenvalue weighted by Crippen LogP contribution is 2.50. The van der Waals surface area contributed by atoms with Gasteiger partial charge < -0.3 is 5.32 Å². The highest BCUT2D eigenvalue weighted by atomic mass is 15.5.